The first-order valence-electron chi connectivity index (χ1n) is 7.00. The summed E-state index contributed by atoms with van der Waals surface area (Å²) < 4.78 is 0.987. The summed E-state index contributed by atoms with van der Waals surface area (Å²) >= 11 is 0. The van der Waals surface area contributed by atoms with Gasteiger partial charge in [-0.2, -0.15) is 0 Å². The lowest BCUT2D eigenvalue weighted by Gasteiger charge is -2.44. The zero-order valence-electron chi connectivity index (χ0n) is 11.3. The van der Waals surface area contributed by atoms with Gasteiger partial charge in [-0.05, 0) is 12.5 Å². The fourth-order valence-electron chi connectivity index (χ4n) is 3.92. The summed E-state index contributed by atoms with van der Waals surface area (Å²) in [6.07, 6.45) is 7.25. The fraction of sp³-hybridized carbons (Fsp3) is 0.533. The highest BCUT2D eigenvalue weighted by molar-refractivity contribution is 5.39. The van der Waals surface area contributed by atoms with Crippen molar-refractivity contribution in [2.24, 2.45) is 0 Å². The molecule has 3 rings (SSSR count). The van der Waals surface area contributed by atoms with Crippen molar-refractivity contribution in [3.63, 3.8) is 0 Å². The van der Waals surface area contributed by atoms with Crippen LogP contribution in [0.2, 0.25) is 0 Å². The van der Waals surface area contributed by atoms with Crippen LogP contribution < -0.4 is 0 Å². The van der Waals surface area contributed by atoms with E-state index in [0.717, 1.165) is 29.4 Å². The number of nitro benzene ring substituents is 1. The van der Waals surface area contributed by atoms with Crippen LogP contribution in [0.1, 0.15) is 31.2 Å². The van der Waals surface area contributed by atoms with Crippen LogP contribution in [0.5, 0.6) is 0 Å². The van der Waals surface area contributed by atoms with Crippen molar-refractivity contribution in [2.75, 3.05) is 7.05 Å². The van der Waals surface area contributed by atoms with Crippen LogP contribution in [-0.2, 0) is 6.54 Å². The molecule has 2 fully saturated rings. The van der Waals surface area contributed by atoms with Gasteiger partial charge in [0.15, 0.2) is 0 Å². The minimum Gasteiger partial charge on any atom is -0.317 e. The number of fused-ring (bicyclic) bond motifs is 2. The molecule has 2 saturated heterocycles. The van der Waals surface area contributed by atoms with Gasteiger partial charge in [0.1, 0.15) is 6.54 Å². The number of hydrogen-bond donors (Lipinski definition) is 0. The molecule has 2 aliphatic rings. The smallest absolute Gasteiger partial charge is 0.278 e. The Bertz CT molecular complexity index is 485. The minimum atomic E-state index is -0.251. The average Bonchev–Trinajstić information content (AvgIpc) is 2.58. The van der Waals surface area contributed by atoms with E-state index in [-0.39, 0.29) is 10.6 Å². The molecule has 2 atom stereocenters. The van der Waals surface area contributed by atoms with Crippen molar-refractivity contribution < 1.29 is 9.41 Å². The lowest BCUT2D eigenvalue weighted by molar-refractivity contribution is -0.959. The van der Waals surface area contributed by atoms with Crippen LogP contribution in [0.25, 0.3) is 0 Å². The number of benzene rings is 1. The summed E-state index contributed by atoms with van der Waals surface area (Å²) in [6.45, 7) is 0.792. The first kappa shape index (κ1) is 12.6. The van der Waals surface area contributed by atoms with Gasteiger partial charge in [-0.1, -0.05) is 12.1 Å². The lowest BCUT2D eigenvalue weighted by Crippen LogP contribution is -2.55. The van der Waals surface area contributed by atoms with Crippen LogP contribution in [0.15, 0.2) is 24.3 Å². The van der Waals surface area contributed by atoms with Crippen LogP contribution >= 0.6 is 0 Å². The maximum Gasteiger partial charge on any atom is 0.278 e. The molecule has 0 N–H and O–H groups in total. The van der Waals surface area contributed by atoms with Gasteiger partial charge in [0.2, 0.25) is 0 Å². The third-order valence-electron chi connectivity index (χ3n) is 5.08. The molecule has 0 amide bonds. The van der Waals surface area contributed by atoms with Crippen molar-refractivity contribution in [3.05, 3.63) is 46.4 Å². The number of piperidine rings is 1. The van der Waals surface area contributed by atoms with Gasteiger partial charge in [0.05, 0.1) is 29.6 Å². The molecule has 2 aliphatic heterocycles. The van der Waals surface area contributed by atoms with Crippen LogP contribution in [0.3, 0.4) is 0 Å². The fourth-order valence-corrected chi connectivity index (χ4v) is 3.92. The molecule has 1 aromatic carbocycles. The summed E-state index contributed by atoms with van der Waals surface area (Å²) in [6, 6.07) is 8.50. The molecule has 4 nitrogen and oxygen atoms in total. The first-order valence-corrected chi connectivity index (χ1v) is 7.00. The summed E-state index contributed by atoms with van der Waals surface area (Å²) in [5.41, 5.74) is 1.16. The maximum absolute atomic E-state index is 11.1. The Morgan fingerprint density at radius 2 is 1.89 bits per heavy atom. The van der Waals surface area contributed by atoms with Crippen LogP contribution in [0.4, 0.5) is 5.69 Å². The van der Waals surface area contributed by atoms with E-state index in [1.165, 1.54) is 12.8 Å². The summed E-state index contributed by atoms with van der Waals surface area (Å²) in [4.78, 5) is 10.9. The van der Waals surface area contributed by atoms with Gasteiger partial charge in [0, 0.05) is 31.7 Å². The van der Waals surface area contributed by atoms with E-state index < -0.39 is 0 Å². The van der Waals surface area contributed by atoms with E-state index in [9.17, 15) is 10.1 Å². The highest BCUT2D eigenvalue weighted by Gasteiger charge is 2.49. The number of para-hydroxylation sites is 1. The van der Waals surface area contributed by atoms with Crippen LogP contribution in [-0.4, -0.2) is 28.5 Å². The highest BCUT2D eigenvalue weighted by atomic mass is 16.6. The molecule has 0 spiro atoms. The second kappa shape index (κ2) is 4.60. The van der Waals surface area contributed by atoms with Crippen molar-refractivity contribution in [1.82, 2.24) is 0 Å². The molecule has 2 unspecified atom stereocenters. The van der Waals surface area contributed by atoms with Crippen molar-refractivity contribution in [2.45, 2.75) is 44.3 Å². The monoisotopic (exact) mass is 260 g/mol. The van der Waals surface area contributed by atoms with E-state index in [1.807, 2.05) is 12.1 Å². The predicted molar refractivity (Wildman–Crippen MR) is 73.3 cm³/mol. The Hall–Kier alpha value is -1.42. The molecular weight excluding hydrogens is 240 g/mol. The third-order valence-corrected chi connectivity index (χ3v) is 5.08. The standard InChI is InChI=1S/C15H20N2O2/c1-17(13-6-4-7-14(17)10-9-13)11-12-5-2-3-8-15(12)16(18)19/h2-5,8,13-14H,6-7,9-11H2,1H3/q+1. The summed E-state index contributed by atoms with van der Waals surface area (Å²) in [5, 5.41) is 11.1. The molecule has 4 heteroatoms. The third kappa shape index (κ3) is 2.04. The normalized spacial score (nSPS) is 33.3. The molecule has 2 bridgehead atoms. The number of quaternary nitrogens is 1. The molecule has 0 saturated carbocycles. The Balaban J connectivity index is 1.91. The largest absolute Gasteiger partial charge is 0.317 e. The van der Waals surface area contributed by atoms with Gasteiger partial charge in [0.25, 0.3) is 5.69 Å². The number of hydrogen-bond acceptors (Lipinski definition) is 2. The zero-order chi connectivity index (χ0) is 13.5. The summed E-state index contributed by atoms with van der Waals surface area (Å²) in [5.74, 6) is 0. The number of rotatable bonds is 3. The van der Waals surface area contributed by atoms with Crippen molar-refractivity contribution in [3.8, 4) is 0 Å². The number of nitrogens with zero attached hydrogens (tertiary/aromatic N) is 2. The van der Waals surface area contributed by atoms with E-state index in [1.54, 1.807) is 12.1 Å². The average molecular weight is 260 g/mol. The van der Waals surface area contributed by atoms with E-state index >= 15 is 0 Å². The van der Waals surface area contributed by atoms with E-state index in [2.05, 4.69) is 13.5 Å². The molecule has 1 aromatic rings. The molecule has 1 radical (unpaired) electrons. The SMILES string of the molecule is C[N+]1(Cc2ccccc2[N+](=O)[O-])C2C[CH]CC1CC2. The van der Waals surface area contributed by atoms with Gasteiger partial charge >= 0.3 is 0 Å². The van der Waals surface area contributed by atoms with Gasteiger partial charge in [-0.25, -0.2) is 0 Å². The predicted octanol–water partition coefficient (Wildman–Crippen LogP) is 3.07. The molecule has 0 aromatic heterocycles. The van der Waals surface area contributed by atoms with Crippen LogP contribution in [0, 0.1) is 16.5 Å². The summed E-state index contributed by atoms with van der Waals surface area (Å²) in [7, 11) is 2.28. The Kier molecular flexibility index (Phi) is 3.05. The van der Waals surface area contributed by atoms with Gasteiger partial charge < -0.3 is 4.48 Å². The first-order chi connectivity index (χ1) is 9.11. The molecule has 2 heterocycles. The molecular formula is C15H20N2O2+. The zero-order valence-corrected chi connectivity index (χ0v) is 11.3. The molecule has 101 valence electrons. The van der Waals surface area contributed by atoms with Crippen molar-refractivity contribution in [1.29, 1.82) is 0 Å². The highest BCUT2D eigenvalue weighted by Crippen LogP contribution is 2.42. The van der Waals surface area contributed by atoms with E-state index in [4.69, 9.17) is 0 Å². The molecule has 19 heavy (non-hydrogen) atoms. The lowest BCUT2D eigenvalue weighted by atomic mass is 9.98. The van der Waals surface area contributed by atoms with Gasteiger partial charge in [-0.15, -0.1) is 0 Å². The Morgan fingerprint density at radius 1 is 1.26 bits per heavy atom. The maximum atomic E-state index is 11.1. The molecule has 0 aliphatic carbocycles. The quantitative estimate of drug-likeness (QED) is 0.476. The Labute approximate surface area is 113 Å². The minimum absolute atomic E-state index is 0.251. The van der Waals surface area contributed by atoms with Crippen molar-refractivity contribution >= 4 is 5.69 Å². The number of nitro groups is 1. The Morgan fingerprint density at radius 3 is 2.53 bits per heavy atom. The topological polar surface area (TPSA) is 43.1 Å². The van der Waals surface area contributed by atoms with E-state index in [0.29, 0.717) is 12.1 Å². The van der Waals surface area contributed by atoms with Gasteiger partial charge in [-0.3, -0.25) is 10.1 Å². The second-order valence-corrected chi connectivity index (χ2v) is 6.04. The second-order valence-electron chi connectivity index (χ2n) is 6.04.